The van der Waals surface area contributed by atoms with Gasteiger partial charge in [-0.25, -0.2) is 4.98 Å². The van der Waals surface area contributed by atoms with E-state index < -0.39 is 0 Å². The molecule has 0 radical (unpaired) electrons. The molecule has 0 aliphatic rings. The van der Waals surface area contributed by atoms with E-state index in [1.165, 1.54) is 11.8 Å². The summed E-state index contributed by atoms with van der Waals surface area (Å²) in [6.45, 7) is 3.93. The van der Waals surface area contributed by atoms with Crippen LogP contribution in [0.5, 0.6) is 0 Å². The molecular weight excluding hydrogens is 382 g/mol. The van der Waals surface area contributed by atoms with Gasteiger partial charge in [-0.2, -0.15) is 0 Å². The third-order valence-corrected chi connectivity index (χ3v) is 6.03. The lowest BCUT2D eigenvalue weighted by Crippen LogP contribution is -2.06. The highest BCUT2D eigenvalue weighted by Gasteiger charge is 2.20. The predicted molar refractivity (Wildman–Crippen MR) is 105 cm³/mol. The Balaban J connectivity index is 1.52. The van der Waals surface area contributed by atoms with Gasteiger partial charge in [0.25, 0.3) is 0 Å². The van der Waals surface area contributed by atoms with Crippen molar-refractivity contribution in [3.63, 3.8) is 0 Å². The number of furan rings is 1. The van der Waals surface area contributed by atoms with Crippen molar-refractivity contribution in [1.29, 1.82) is 0 Å². The molecule has 4 aromatic heterocycles. The summed E-state index contributed by atoms with van der Waals surface area (Å²) in [5.41, 5.74) is 2.61. The second-order valence-electron chi connectivity index (χ2n) is 5.99. The van der Waals surface area contributed by atoms with Crippen LogP contribution in [-0.2, 0) is 7.05 Å². The molecule has 0 aliphatic heterocycles. The highest BCUT2D eigenvalue weighted by molar-refractivity contribution is 7.99. The average molecular weight is 400 g/mol. The van der Waals surface area contributed by atoms with Crippen molar-refractivity contribution < 1.29 is 9.21 Å². The van der Waals surface area contributed by atoms with Crippen LogP contribution >= 0.6 is 23.1 Å². The molecular formula is C18H17N5O2S2. The predicted octanol–water partition coefficient (Wildman–Crippen LogP) is 3.91. The number of hydrogen-bond donors (Lipinski definition) is 0. The molecule has 0 fully saturated rings. The van der Waals surface area contributed by atoms with Gasteiger partial charge in [-0.15, -0.1) is 21.5 Å². The minimum atomic E-state index is 0.0541. The fraction of sp³-hybridized carbons (Fsp3) is 0.222. The summed E-state index contributed by atoms with van der Waals surface area (Å²) in [7, 11) is 1.86. The molecule has 138 valence electrons. The first kappa shape index (κ1) is 17.7. The molecule has 4 heterocycles. The summed E-state index contributed by atoms with van der Waals surface area (Å²) in [6, 6.07) is 5.56. The zero-order valence-corrected chi connectivity index (χ0v) is 16.7. The fourth-order valence-electron chi connectivity index (χ4n) is 2.93. The molecule has 0 bridgehead atoms. The molecule has 0 amide bonds. The summed E-state index contributed by atoms with van der Waals surface area (Å²) < 4.78 is 9.21. The van der Waals surface area contributed by atoms with E-state index in [1.54, 1.807) is 29.9 Å². The number of Topliss-reactive ketones (excluding diaryl/α,β-unsaturated/α-hetero) is 1. The van der Waals surface area contributed by atoms with Gasteiger partial charge in [0.2, 0.25) is 0 Å². The van der Waals surface area contributed by atoms with Crippen molar-refractivity contribution in [3.8, 4) is 16.7 Å². The molecule has 0 saturated heterocycles. The van der Waals surface area contributed by atoms with E-state index in [0.717, 1.165) is 16.5 Å². The van der Waals surface area contributed by atoms with E-state index in [-0.39, 0.29) is 11.5 Å². The Kier molecular flexibility index (Phi) is 4.71. The van der Waals surface area contributed by atoms with Gasteiger partial charge in [0.1, 0.15) is 0 Å². The second kappa shape index (κ2) is 7.16. The highest BCUT2D eigenvalue weighted by Crippen LogP contribution is 2.26. The number of rotatable bonds is 6. The third-order valence-electron chi connectivity index (χ3n) is 4.25. The molecule has 0 unspecified atom stereocenters. The van der Waals surface area contributed by atoms with Crippen LogP contribution in [0.15, 0.2) is 45.6 Å². The minimum Gasteiger partial charge on any atom is -0.461 e. The Morgan fingerprint density at radius 1 is 1.33 bits per heavy atom. The molecule has 9 heteroatoms. The first-order valence-corrected chi connectivity index (χ1v) is 10.1. The lowest BCUT2D eigenvalue weighted by atomic mass is 10.2. The third kappa shape index (κ3) is 3.24. The van der Waals surface area contributed by atoms with Crippen LogP contribution in [0.1, 0.15) is 21.7 Å². The van der Waals surface area contributed by atoms with Gasteiger partial charge in [0, 0.05) is 35.6 Å². The number of carbonyl (C=O) groups excluding carboxylic acids is 1. The topological polar surface area (TPSA) is 78.7 Å². The van der Waals surface area contributed by atoms with Crippen LogP contribution in [0.4, 0.5) is 0 Å². The van der Waals surface area contributed by atoms with Crippen molar-refractivity contribution in [2.45, 2.75) is 19.0 Å². The van der Waals surface area contributed by atoms with Crippen LogP contribution < -0.4 is 0 Å². The van der Waals surface area contributed by atoms with Crippen molar-refractivity contribution in [1.82, 2.24) is 24.3 Å². The first-order chi connectivity index (χ1) is 13.1. The largest absolute Gasteiger partial charge is 0.461 e. The van der Waals surface area contributed by atoms with Crippen LogP contribution in [0.3, 0.4) is 0 Å². The number of thioether (sulfide) groups is 1. The number of carbonyl (C=O) groups is 1. The normalized spacial score (nSPS) is 11.2. The highest BCUT2D eigenvalue weighted by atomic mass is 32.2. The molecule has 4 aromatic rings. The van der Waals surface area contributed by atoms with E-state index in [4.69, 9.17) is 4.42 Å². The minimum absolute atomic E-state index is 0.0541. The zero-order chi connectivity index (χ0) is 19.0. The van der Waals surface area contributed by atoms with Crippen LogP contribution in [0, 0.1) is 13.8 Å². The van der Waals surface area contributed by atoms with Crippen LogP contribution in [0.2, 0.25) is 0 Å². The SMILES string of the molecule is Cc1cc(C(=O)CSc2nnc(-c3ccco3)n2C)c(C)n1-c1nccs1. The van der Waals surface area contributed by atoms with Gasteiger partial charge >= 0.3 is 0 Å². The molecule has 0 aromatic carbocycles. The van der Waals surface area contributed by atoms with Crippen molar-refractivity contribution >= 4 is 28.9 Å². The van der Waals surface area contributed by atoms with Crippen LogP contribution in [0.25, 0.3) is 16.7 Å². The Morgan fingerprint density at radius 2 is 2.19 bits per heavy atom. The molecule has 0 aliphatic carbocycles. The van der Waals surface area contributed by atoms with E-state index in [2.05, 4.69) is 15.2 Å². The average Bonchev–Trinajstić information content (AvgIpc) is 3.41. The van der Waals surface area contributed by atoms with Crippen LogP contribution in [-0.4, -0.2) is 35.9 Å². The van der Waals surface area contributed by atoms with E-state index in [1.807, 2.05) is 47.5 Å². The molecule has 0 saturated carbocycles. The lowest BCUT2D eigenvalue weighted by molar-refractivity contribution is 0.102. The van der Waals surface area contributed by atoms with Gasteiger partial charge < -0.3 is 8.98 Å². The summed E-state index contributed by atoms with van der Waals surface area (Å²) in [5.74, 6) is 1.62. The molecule has 0 N–H and O–H groups in total. The van der Waals surface area contributed by atoms with Crippen molar-refractivity contribution in [2.75, 3.05) is 5.75 Å². The maximum atomic E-state index is 12.8. The number of ketones is 1. The van der Waals surface area contributed by atoms with Crippen molar-refractivity contribution in [3.05, 3.63) is 53.0 Å². The van der Waals surface area contributed by atoms with E-state index in [9.17, 15) is 4.79 Å². The molecule has 27 heavy (non-hydrogen) atoms. The summed E-state index contributed by atoms with van der Waals surface area (Å²) in [6.07, 6.45) is 3.36. The van der Waals surface area contributed by atoms with Gasteiger partial charge in [-0.05, 0) is 32.0 Å². The zero-order valence-electron chi connectivity index (χ0n) is 15.0. The standard InChI is InChI=1S/C18H17N5O2S2/c1-11-9-13(12(2)23(11)17-19-6-8-26-17)14(24)10-27-18-21-20-16(22(18)3)15-5-4-7-25-15/h4-9H,10H2,1-3H3. The Bertz CT molecular complexity index is 1080. The van der Waals surface area contributed by atoms with Gasteiger partial charge in [0.15, 0.2) is 27.7 Å². The van der Waals surface area contributed by atoms with E-state index >= 15 is 0 Å². The maximum absolute atomic E-state index is 12.8. The number of thiazole rings is 1. The molecule has 0 spiro atoms. The first-order valence-electron chi connectivity index (χ1n) is 8.24. The summed E-state index contributed by atoms with van der Waals surface area (Å²) >= 11 is 2.91. The summed E-state index contributed by atoms with van der Waals surface area (Å²) in [5, 5.41) is 11.8. The number of aryl methyl sites for hydroxylation is 1. The maximum Gasteiger partial charge on any atom is 0.200 e. The number of aromatic nitrogens is 5. The Morgan fingerprint density at radius 3 is 2.89 bits per heavy atom. The van der Waals surface area contributed by atoms with Crippen molar-refractivity contribution in [2.24, 2.45) is 7.05 Å². The molecule has 7 nitrogen and oxygen atoms in total. The molecule has 0 atom stereocenters. The monoisotopic (exact) mass is 399 g/mol. The lowest BCUT2D eigenvalue weighted by Gasteiger charge is -2.05. The second-order valence-corrected chi connectivity index (χ2v) is 7.80. The molecule has 4 rings (SSSR count). The Labute approximate surface area is 164 Å². The quantitative estimate of drug-likeness (QED) is 0.361. The van der Waals surface area contributed by atoms with E-state index in [0.29, 0.717) is 22.3 Å². The fourth-order valence-corrected chi connectivity index (χ4v) is 4.48. The number of hydrogen-bond acceptors (Lipinski definition) is 7. The number of nitrogens with zero attached hydrogens (tertiary/aromatic N) is 5. The summed E-state index contributed by atoms with van der Waals surface area (Å²) in [4.78, 5) is 17.1. The van der Waals surface area contributed by atoms with Gasteiger partial charge in [-0.1, -0.05) is 11.8 Å². The van der Waals surface area contributed by atoms with Gasteiger partial charge in [-0.3, -0.25) is 9.36 Å². The Hall–Kier alpha value is -2.65. The smallest absolute Gasteiger partial charge is 0.200 e. The van der Waals surface area contributed by atoms with Gasteiger partial charge in [0.05, 0.1) is 12.0 Å².